The number of aromatic nitrogens is 1. The van der Waals surface area contributed by atoms with Gasteiger partial charge in [0.1, 0.15) is 10.7 Å². The minimum atomic E-state index is -0.0376. The van der Waals surface area contributed by atoms with E-state index in [4.69, 9.17) is 10.8 Å². The van der Waals surface area contributed by atoms with E-state index < -0.39 is 0 Å². The Kier molecular flexibility index (Phi) is 5.41. The van der Waals surface area contributed by atoms with Gasteiger partial charge >= 0.3 is 0 Å². The van der Waals surface area contributed by atoms with Crippen LogP contribution in [0.4, 0.5) is 10.9 Å². The molecule has 1 atom stereocenters. The van der Waals surface area contributed by atoms with E-state index in [1.165, 1.54) is 11.3 Å². The average molecular weight is 312 g/mol. The third kappa shape index (κ3) is 4.07. The van der Waals surface area contributed by atoms with Gasteiger partial charge < -0.3 is 21.1 Å². The number of hydrogen-bond acceptors (Lipinski definition) is 6. The summed E-state index contributed by atoms with van der Waals surface area (Å²) in [6, 6.07) is 0.252. The van der Waals surface area contributed by atoms with E-state index in [9.17, 15) is 4.79 Å². The zero-order valence-corrected chi connectivity index (χ0v) is 13.4. The summed E-state index contributed by atoms with van der Waals surface area (Å²) in [4.78, 5) is 19.2. The van der Waals surface area contributed by atoms with Crippen LogP contribution in [-0.4, -0.2) is 46.6 Å². The molecule has 2 rings (SSSR count). The molecule has 2 heterocycles. The lowest BCUT2D eigenvalue weighted by Gasteiger charge is -2.32. The summed E-state index contributed by atoms with van der Waals surface area (Å²) in [5.41, 5.74) is 5.89. The van der Waals surface area contributed by atoms with Gasteiger partial charge in [-0.25, -0.2) is 4.98 Å². The van der Waals surface area contributed by atoms with Gasteiger partial charge in [-0.05, 0) is 39.0 Å². The zero-order chi connectivity index (χ0) is 15.4. The van der Waals surface area contributed by atoms with Crippen LogP contribution in [0.2, 0.25) is 0 Å². The first-order chi connectivity index (χ1) is 10.0. The number of carbonyl (C=O) groups excluding carboxylic acids is 1. The Labute approximate surface area is 129 Å². The Balaban J connectivity index is 2.07. The largest absolute Gasteiger partial charge is 0.396 e. The fraction of sp³-hybridized carbons (Fsp3) is 0.714. The van der Waals surface area contributed by atoms with Gasteiger partial charge in [-0.2, -0.15) is 0 Å². The third-order valence-corrected chi connectivity index (χ3v) is 4.59. The molecular formula is C14H24N4O2S. The Morgan fingerprint density at radius 2 is 2.38 bits per heavy atom. The molecule has 1 amide bonds. The highest BCUT2D eigenvalue weighted by atomic mass is 32.1. The van der Waals surface area contributed by atoms with Gasteiger partial charge in [-0.3, -0.25) is 4.79 Å². The van der Waals surface area contributed by atoms with Gasteiger partial charge in [-0.1, -0.05) is 11.3 Å². The Bertz CT molecular complexity index is 487. The summed E-state index contributed by atoms with van der Waals surface area (Å²) in [5.74, 6) is 0.650. The highest BCUT2D eigenvalue weighted by molar-refractivity contribution is 7.18. The summed E-state index contributed by atoms with van der Waals surface area (Å²) in [6.45, 7) is 5.67. The molecule has 0 saturated carbocycles. The molecule has 0 aliphatic carbocycles. The highest BCUT2D eigenvalue weighted by Crippen LogP contribution is 2.29. The van der Waals surface area contributed by atoms with Crippen molar-refractivity contribution in [3.8, 4) is 0 Å². The topological polar surface area (TPSA) is 91.5 Å². The van der Waals surface area contributed by atoms with Gasteiger partial charge in [0.15, 0.2) is 5.13 Å². The molecule has 1 unspecified atom stereocenters. The maximum absolute atomic E-state index is 12.6. The number of rotatable bonds is 5. The lowest BCUT2D eigenvalue weighted by atomic mass is 9.95. The predicted octanol–water partition coefficient (Wildman–Crippen LogP) is 1.78. The van der Waals surface area contributed by atoms with Crippen molar-refractivity contribution in [2.45, 2.75) is 39.2 Å². The van der Waals surface area contributed by atoms with Crippen molar-refractivity contribution in [1.29, 1.82) is 0 Å². The second-order valence-electron chi connectivity index (χ2n) is 5.80. The third-order valence-electron chi connectivity index (χ3n) is 3.60. The number of carbonyl (C=O) groups is 1. The molecule has 1 aliphatic rings. The zero-order valence-electron chi connectivity index (χ0n) is 12.6. The predicted molar refractivity (Wildman–Crippen MR) is 85.6 cm³/mol. The number of nitrogens with two attached hydrogens (primary N) is 1. The van der Waals surface area contributed by atoms with Crippen molar-refractivity contribution in [2.24, 2.45) is 5.92 Å². The van der Waals surface area contributed by atoms with Crippen LogP contribution in [0.25, 0.3) is 0 Å². The van der Waals surface area contributed by atoms with Crippen LogP contribution in [0.15, 0.2) is 0 Å². The van der Waals surface area contributed by atoms with Crippen molar-refractivity contribution in [1.82, 2.24) is 9.88 Å². The van der Waals surface area contributed by atoms with E-state index in [1.807, 2.05) is 18.7 Å². The number of aliphatic hydroxyl groups is 1. The number of nitrogen functional groups attached to an aromatic ring is 1. The molecule has 1 aliphatic heterocycles. The molecule has 1 aromatic heterocycles. The minimum Gasteiger partial charge on any atom is -0.396 e. The maximum Gasteiger partial charge on any atom is 0.267 e. The van der Waals surface area contributed by atoms with Crippen LogP contribution in [0.1, 0.15) is 42.8 Å². The molecule has 0 spiro atoms. The van der Waals surface area contributed by atoms with Crippen LogP contribution in [0.5, 0.6) is 0 Å². The van der Waals surface area contributed by atoms with Crippen molar-refractivity contribution in [3.63, 3.8) is 0 Å². The van der Waals surface area contributed by atoms with E-state index in [0.717, 1.165) is 25.8 Å². The van der Waals surface area contributed by atoms with E-state index in [0.29, 0.717) is 28.3 Å². The maximum atomic E-state index is 12.6. The number of aliphatic hydroxyl groups excluding tert-OH is 1. The molecule has 0 bridgehead atoms. The summed E-state index contributed by atoms with van der Waals surface area (Å²) < 4.78 is 0. The first-order valence-corrected chi connectivity index (χ1v) is 8.26. The van der Waals surface area contributed by atoms with Crippen LogP contribution < -0.4 is 11.1 Å². The molecular weight excluding hydrogens is 288 g/mol. The molecule has 0 aromatic carbocycles. The van der Waals surface area contributed by atoms with E-state index in [1.54, 1.807) is 0 Å². The Morgan fingerprint density at radius 1 is 1.62 bits per heavy atom. The number of amides is 1. The molecule has 0 radical (unpaired) electrons. The number of likely N-dealkylation sites (tertiary alicyclic amines) is 1. The number of hydrogen-bond donors (Lipinski definition) is 3. The summed E-state index contributed by atoms with van der Waals surface area (Å²) in [7, 11) is 0. The SMILES string of the molecule is CC(C)Nc1nc(N)c(C(=O)N2CCCC(CCO)C2)s1. The lowest BCUT2D eigenvalue weighted by molar-refractivity contribution is 0.0659. The molecule has 1 saturated heterocycles. The molecule has 118 valence electrons. The molecule has 6 nitrogen and oxygen atoms in total. The van der Waals surface area contributed by atoms with Crippen molar-refractivity contribution in [2.75, 3.05) is 30.7 Å². The van der Waals surface area contributed by atoms with Gasteiger partial charge in [0.05, 0.1) is 0 Å². The Morgan fingerprint density at radius 3 is 3.05 bits per heavy atom. The van der Waals surface area contributed by atoms with Crippen molar-refractivity contribution in [3.05, 3.63) is 4.88 Å². The highest BCUT2D eigenvalue weighted by Gasteiger charge is 2.27. The van der Waals surface area contributed by atoms with Gasteiger partial charge in [0.2, 0.25) is 0 Å². The van der Waals surface area contributed by atoms with Crippen LogP contribution in [-0.2, 0) is 0 Å². The fourth-order valence-corrected chi connectivity index (χ4v) is 3.60. The van der Waals surface area contributed by atoms with Crippen LogP contribution in [0.3, 0.4) is 0 Å². The summed E-state index contributed by atoms with van der Waals surface area (Å²) in [6.07, 6.45) is 2.80. The standard InChI is InChI=1S/C14H24N4O2S/c1-9(2)16-14-17-12(15)11(21-14)13(20)18-6-3-4-10(8-18)5-7-19/h9-10,19H,3-8,15H2,1-2H3,(H,16,17). The molecule has 21 heavy (non-hydrogen) atoms. The molecule has 4 N–H and O–H groups in total. The normalized spacial score (nSPS) is 19.0. The average Bonchev–Trinajstić information content (AvgIpc) is 2.78. The summed E-state index contributed by atoms with van der Waals surface area (Å²) in [5, 5.41) is 12.9. The number of piperidine rings is 1. The number of nitrogens with zero attached hydrogens (tertiary/aromatic N) is 2. The van der Waals surface area contributed by atoms with E-state index >= 15 is 0 Å². The number of thiazole rings is 1. The van der Waals surface area contributed by atoms with Crippen LogP contribution >= 0.6 is 11.3 Å². The summed E-state index contributed by atoms with van der Waals surface area (Å²) >= 11 is 1.32. The minimum absolute atomic E-state index is 0.0376. The lowest BCUT2D eigenvalue weighted by Crippen LogP contribution is -2.40. The quantitative estimate of drug-likeness (QED) is 0.771. The Hall–Kier alpha value is -1.34. The first-order valence-electron chi connectivity index (χ1n) is 7.44. The van der Waals surface area contributed by atoms with E-state index in [2.05, 4.69) is 10.3 Å². The molecule has 1 aromatic rings. The first kappa shape index (κ1) is 16.0. The second-order valence-corrected chi connectivity index (χ2v) is 6.80. The van der Waals surface area contributed by atoms with Crippen molar-refractivity contribution < 1.29 is 9.90 Å². The van der Waals surface area contributed by atoms with E-state index in [-0.39, 0.29) is 18.6 Å². The molecule has 1 fully saturated rings. The van der Waals surface area contributed by atoms with Crippen molar-refractivity contribution >= 4 is 28.2 Å². The van der Waals surface area contributed by atoms with Gasteiger partial charge in [0, 0.05) is 25.7 Å². The second kappa shape index (κ2) is 7.09. The number of anilines is 2. The van der Waals surface area contributed by atoms with Gasteiger partial charge in [0.25, 0.3) is 5.91 Å². The van der Waals surface area contributed by atoms with Crippen LogP contribution in [0, 0.1) is 5.92 Å². The van der Waals surface area contributed by atoms with Gasteiger partial charge in [-0.15, -0.1) is 0 Å². The molecule has 7 heteroatoms. The number of nitrogens with one attached hydrogen (secondary N) is 1. The fourth-order valence-electron chi connectivity index (χ4n) is 2.61. The smallest absolute Gasteiger partial charge is 0.267 e. The monoisotopic (exact) mass is 312 g/mol.